The predicted molar refractivity (Wildman–Crippen MR) is 73.1 cm³/mol. The summed E-state index contributed by atoms with van der Waals surface area (Å²) in [6.07, 6.45) is -4.47. The molecule has 1 aliphatic heterocycles. The highest BCUT2D eigenvalue weighted by atomic mass is 32.1. The Kier molecular flexibility index (Phi) is 5.91. The van der Waals surface area contributed by atoms with Gasteiger partial charge in [-0.15, -0.1) is 11.3 Å². The molecule has 19 heavy (non-hydrogen) atoms. The van der Waals surface area contributed by atoms with Crippen molar-refractivity contribution in [1.29, 1.82) is 0 Å². The van der Waals surface area contributed by atoms with Crippen molar-refractivity contribution in [3.63, 3.8) is 0 Å². The minimum atomic E-state index is -1.31. The number of ether oxygens (including phenoxy) is 1. The first-order valence-electron chi connectivity index (χ1n) is 5.96. The second-order valence-corrected chi connectivity index (χ2v) is 5.40. The van der Waals surface area contributed by atoms with Gasteiger partial charge < -0.3 is 25.2 Å². The second-order valence-electron chi connectivity index (χ2n) is 4.46. The highest BCUT2D eigenvalue weighted by Gasteiger charge is 2.44. The lowest BCUT2D eigenvalue weighted by Gasteiger charge is -2.39. The first kappa shape index (κ1) is 16.6. The van der Waals surface area contributed by atoms with E-state index in [1.54, 1.807) is 0 Å². The summed E-state index contributed by atoms with van der Waals surface area (Å²) in [7, 11) is 0. The Balaban J connectivity index is 0.00000180. The van der Waals surface area contributed by atoms with E-state index in [0.717, 1.165) is 16.9 Å². The maximum Gasteiger partial charge on any atom is 0.121 e. The van der Waals surface area contributed by atoms with Gasteiger partial charge in [0.15, 0.2) is 0 Å². The fourth-order valence-electron chi connectivity index (χ4n) is 2.07. The first-order chi connectivity index (χ1) is 8.58. The van der Waals surface area contributed by atoms with Crippen LogP contribution in [0.25, 0.3) is 0 Å². The molecule has 1 saturated heterocycles. The smallest absolute Gasteiger partial charge is 0.121 e. The van der Waals surface area contributed by atoms with E-state index in [-0.39, 0.29) is 7.43 Å². The summed E-state index contributed by atoms with van der Waals surface area (Å²) >= 11 is 1.44. The zero-order valence-corrected chi connectivity index (χ0v) is 10.9. The highest BCUT2D eigenvalue weighted by Crippen LogP contribution is 2.35. The van der Waals surface area contributed by atoms with Gasteiger partial charge in [0.1, 0.15) is 30.5 Å². The molecule has 5 atom stereocenters. The van der Waals surface area contributed by atoms with E-state index in [9.17, 15) is 15.3 Å². The number of rotatable bonds is 3. The zero-order valence-electron chi connectivity index (χ0n) is 10.1. The molecular weight excluding hydrogens is 268 g/mol. The van der Waals surface area contributed by atoms with Crippen LogP contribution in [-0.4, -0.2) is 51.4 Å². The topological polar surface area (TPSA) is 90.2 Å². The van der Waals surface area contributed by atoms with Crippen LogP contribution in [0, 0.1) is 0 Å². The first-order valence-corrected chi connectivity index (χ1v) is 6.84. The number of aryl methyl sites for hydroxylation is 1. The second kappa shape index (κ2) is 6.78. The summed E-state index contributed by atoms with van der Waals surface area (Å²) in [4.78, 5) is 0.795. The third kappa shape index (κ3) is 3.16. The number of aliphatic hydroxyl groups is 4. The van der Waals surface area contributed by atoms with Crippen LogP contribution < -0.4 is 0 Å². The molecule has 2 rings (SSSR count). The van der Waals surface area contributed by atoms with Crippen molar-refractivity contribution in [3.8, 4) is 0 Å². The standard InChI is InChI=1S/C12H18O5S.CH4/c1-2-6-3-8(18-5-6)12-11(16)10(15)9(14)7(4-13)17-12;/h3,5,7,9-16H,2,4H2,1H3;1H4/t7-,9-,10+,11-,12+;/m1./s1. The molecule has 1 aromatic heterocycles. The minimum absolute atomic E-state index is 0. The van der Waals surface area contributed by atoms with E-state index in [4.69, 9.17) is 9.84 Å². The Morgan fingerprint density at radius 3 is 2.42 bits per heavy atom. The van der Waals surface area contributed by atoms with Gasteiger partial charge in [-0.3, -0.25) is 0 Å². The van der Waals surface area contributed by atoms with E-state index < -0.39 is 37.1 Å². The largest absolute Gasteiger partial charge is 0.394 e. The van der Waals surface area contributed by atoms with Gasteiger partial charge in [0.25, 0.3) is 0 Å². The molecule has 0 amide bonds. The third-order valence-electron chi connectivity index (χ3n) is 3.25. The van der Waals surface area contributed by atoms with Gasteiger partial charge in [0.2, 0.25) is 0 Å². The molecule has 0 aromatic carbocycles. The Morgan fingerprint density at radius 2 is 1.89 bits per heavy atom. The Morgan fingerprint density at radius 1 is 1.21 bits per heavy atom. The number of aliphatic hydroxyl groups excluding tert-OH is 4. The average Bonchev–Trinajstić information content (AvgIpc) is 2.85. The molecule has 5 nitrogen and oxygen atoms in total. The molecule has 1 fully saturated rings. The van der Waals surface area contributed by atoms with Crippen LogP contribution in [0.2, 0.25) is 0 Å². The van der Waals surface area contributed by atoms with Crippen LogP contribution in [0.5, 0.6) is 0 Å². The number of thiophene rings is 1. The predicted octanol–water partition coefficient (Wildman–Crippen LogP) is 0.461. The van der Waals surface area contributed by atoms with Crippen molar-refractivity contribution in [3.05, 3.63) is 21.9 Å². The quantitative estimate of drug-likeness (QED) is 0.649. The monoisotopic (exact) mass is 290 g/mol. The van der Waals surface area contributed by atoms with Gasteiger partial charge >= 0.3 is 0 Å². The molecule has 1 aromatic rings. The van der Waals surface area contributed by atoms with Crippen LogP contribution in [0.3, 0.4) is 0 Å². The molecule has 0 aliphatic carbocycles. The zero-order chi connectivity index (χ0) is 13.3. The lowest BCUT2D eigenvalue weighted by atomic mass is 9.94. The molecule has 0 spiro atoms. The van der Waals surface area contributed by atoms with Crippen molar-refractivity contribution in [1.82, 2.24) is 0 Å². The summed E-state index contributed by atoms with van der Waals surface area (Å²) < 4.78 is 5.47. The van der Waals surface area contributed by atoms with E-state index in [0.29, 0.717) is 0 Å². The van der Waals surface area contributed by atoms with Crippen LogP contribution in [0.15, 0.2) is 11.4 Å². The van der Waals surface area contributed by atoms with Gasteiger partial charge in [-0.1, -0.05) is 14.4 Å². The fraction of sp³-hybridized carbons (Fsp3) is 0.692. The maximum absolute atomic E-state index is 9.95. The number of hydrogen-bond acceptors (Lipinski definition) is 6. The van der Waals surface area contributed by atoms with Gasteiger partial charge in [0, 0.05) is 4.88 Å². The van der Waals surface area contributed by atoms with Gasteiger partial charge in [-0.2, -0.15) is 0 Å². The minimum Gasteiger partial charge on any atom is -0.394 e. The van der Waals surface area contributed by atoms with E-state index in [2.05, 4.69) is 0 Å². The van der Waals surface area contributed by atoms with E-state index in [1.807, 2.05) is 18.4 Å². The Hall–Kier alpha value is -0.500. The molecule has 0 bridgehead atoms. The van der Waals surface area contributed by atoms with Crippen molar-refractivity contribution >= 4 is 11.3 Å². The fourth-order valence-corrected chi connectivity index (χ4v) is 3.14. The Bertz CT molecular complexity index is 392. The molecule has 0 unspecified atom stereocenters. The molecule has 0 radical (unpaired) electrons. The summed E-state index contributed by atoms with van der Waals surface area (Å²) in [6.45, 7) is 1.63. The van der Waals surface area contributed by atoms with Gasteiger partial charge in [-0.25, -0.2) is 0 Å². The molecule has 1 aliphatic rings. The third-order valence-corrected chi connectivity index (χ3v) is 4.30. The molecule has 4 N–H and O–H groups in total. The van der Waals surface area contributed by atoms with Crippen LogP contribution in [-0.2, 0) is 11.2 Å². The summed E-state index contributed by atoms with van der Waals surface area (Å²) in [5, 5.41) is 40.4. The number of hydrogen-bond donors (Lipinski definition) is 4. The van der Waals surface area contributed by atoms with Crippen LogP contribution in [0.4, 0.5) is 0 Å². The summed E-state index contributed by atoms with van der Waals surface area (Å²) in [5.41, 5.74) is 1.13. The Labute approximate surface area is 117 Å². The molecule has 110 valence electrons. The lowest BCUT2D eigenvalue weighted by Crippen LogP contribution is -2.55. The SMILES string of the molecule is C.CCc1csc([C@@H]2O[C@H](CO)[C@@H](O)[C@H](O)[C@H]2O)c1. The summed E-state index contributed by atoms with van der Waals surface area (Å²) in [5.74, 6) is 0. The van der Waals surface area contributed by atoms with E-state index in [1.165, 1.54) is 11.3 Å². The molecular formula is C13H22O5S. The molecule has 2 heterocycles. The van der Waals surface area contributed by atoms with Crippen molar-refractivity contribution in [2.45, 2.75) is 51.3 Å². The average molecular weight is 290 g/mol. The highest BCUT2D eigenvalue weighted by molar-refractivity contribution is 7.10. The van der Waals surface area contributed by atoms with Crippen LogP contribution >= 0.6 is 11.3 Å². The summed E-state index contributed by atoms with van der Waals surface area (Å²) in [6, 6.07) is 1.91. The van der Waals surface area contributed by atoms with Crippen molar-refractivity contribution in [2.24, 2.45) is 0 Å². The van der Waals surface area contributed by atoms with Crippen molar-refractivity contribution in [2.75, 3.05) is 6.61 Å². The van der Waals surface area contributed by atoms with Crippen molar-refractivity contribution < 1.29 is 25.2 Å². The van der Waals surface area contributed by atoms with Crippen LogP contribution in [0.1, 0.15) is 30.9 Å². The van der Waals surface area contributed by atoms with Gasteiger partial charge in [-0.05, 0) is 23.4 Å². The maximum atomic E-state index is 9.95. The lowest BCUT2D eigenvalue weighted by molar-refractivity contribution is -0.230. The molecule has 0 saturated carbocycles. The molecule has 6 heteroatoms. The normalized spacial score (nSPS) is 34.9. The van der Waals surface area contributed by atoms with Gasteiger partial charge in [0.05, 0.1) is 6.61 Å². The van der Waals surface area contributed by atoms with E-state index >= 15 is 0 Å².